The second-order valence-electron chi connectivity index (χ2n) is 4.63. The van der Waals surface area contributed by atoms with Gasteiger partial charge in [0.2, 0.25) is 0 Å². The number of rotatable bonds is 2. The van der Waals surface area contributed by atoms with Crippen LogP contribution in [0.3, 0.4) is 0 Å². The van der Waals surface area contributed by atoms with Crippen molar-refractivity contribution in [2.45, 2.75) is 6.92 Å². The summed E-state index contributed by atoms with van der Waals surface area (Å²) in [6, 6.07) is 6.53. The molecule has 2 aromatic rings. The van der Waals surface area contributed by atoms with Gasteiger partial charge in [-0.05, 0) is 30.7 Å². The first-order valence-electron chi connectivity index (χ1n) is 6.46. The Morgan fingerprint density at radius 1 is 1.24 bits per heavy atom. The number of fused-ring (bicyclic) bond motifs is 1. The van der Waals surface area contributed by atoms with E-state index in [0.717, 1.165) is 6.20 Å². The summed E-state index contributed by atoms with van der Waals surface area (Å²) < 4.78 is 24.0. The summed E-state index contributed by atoms with van der Waals surface area (Å²) in [4.78, 5) is 15.9. The number of benzene rings is 1. The van der Waals surface area contributed by atoms with Crippen LogP contribution in [0, 0.1) is 12.7 Å². The van der Waals surface area contributed by atoms with Crippen LogP contribution in [0.2, 0.25) is 0 Å². The minimum atomic E-state index is -0.439. The number of amides is 1. The van der Waals surface area contributed by atoms with Crippen LogP contribution in [-0.4, -0.2) is 24.1 Å². The third kappa shape index (κ3) is 2.79. The second-order valence-corrected chi connectivity index (χ2v) is 4.63. The Hall–Kier alpha value is -2.63. The molecule has 0 spiro atoms. The van der Waals surface area contributed by atoms with Gasteiger partial charge in [-0.1, -0.05) is 0 Å². The van der Waals surface area contributed by atoms with Crippen LogP contribution >= 0.6 is 0 Å². The maximum absolute atomic E-state index is 13.2. The number of hydrogen-bond acceptors (Lipinski definition) is 4. The Morgan fingerprint density at radius 3 is 2.76 bits per heavy atom. The Balaban J connectivity index is 1.79. The lowest BCUT2D eigenvalue weighted by atomic mass is 10.2. The van der Waals surface area contributed by atoms with Gasteiger partial charge in [0, 0.05) is 11.8 Å². The average molecular weight is 288 g/mol. The fraction of sp³-hybridized carbons (Fsp3) is 0.200. The molecule has 0 unspecified atom stereocenters. The van der Waals surface area contributed by atoms with Crippen molar-refractivity contribution in [3.63, 3.8) is 0 Å². The molecule has 1 aromatic carbocycles. The molecular weight excluding hydrogens is 275 g/mol. The highest BCUT2D eigenvalue weighted by Crippen LogP contribution is 2.32. The lowest BCUT2D eigenvalue weighted by Gasteiger charge is -2.18. The highest BCUT2D eigenvalue weighted by atomic mass is 19.1. The zero-order chi connectivity index (χ0) is 14.8. The Labute approximate surface area is 120 Å². The average Bonchev–Trinajstić information content (AvgIpc) is 2.50. The molecule has 0 saturated carbocycles. The fourth-order valence-corrected chi connectivity index (χ4v) is 1.98. The van der Waals surface area contributed by atoms with Gasteiger partial charge in [0.15, 0.2) is 11.5 Å². The van der Waals surface area contributed by atoms with Crippen LogP contribution < -0.4 is 14.8 Å². The highest BCUT2D eigenvalue weighted by molar-refractivity contribution is 6.03. The van der Waals surface area contributed by atoms with Crippen molar-refractivity contribution >= 4 is 11.6 Å². The molecule has 1 aliphatic heterocycles. The Kier molecular flexibility index (Phi) is 3.43. The van der Waals surface area contributed by atoms with E-state index in [2.05, 4.69) is 10.3 Å². The molecule has 0 atom stereocenters. The number of halogens is 1. The summed E-state index contributed by atoms with van der Waals surface area (Å²) in [5, 5.41) is 2.70. The summed E-state index contributed by atoms with van der Waals surface area (Å²) in [6.45, 7) is 2.57. The second kappa shape index (κ2) is 5.40. The van der Waals surface area contributed by atoms with Crippen LogP contribution in [0.25, 0.3) is 0 Å². The van der Waals surface area contributed by atoms with Gasteiger partial charge in [0.05, 0.1) is 6.20 Å². The minimum Gasteiger partial charge on any atom is -0.486 e. The maximum Gasteiger partial charge on any atom is 0.274 e. The molecule has 0 radical (unpaired) electrons. The molecule has 0 fully saturated rings. The number of ether oxygens (including phenoxy) is 2. The molecule has 6 heteroatoms. The molecule has 0 aliphatic carbocycles. The van der Waals surface area contributed by atoms with E-state index in [4.69, 9.17) is 9.47 Å². The summed E-state index contributed by atoms with van der Waals surface area (Å²) in [5.74, 6) is 0.387. The largest absolute Gasteiger partial charge is 0.486 e. The topological polar surface area (TPSA) is 60.5 Å². The first-order chi connectivity index (χ1) is 10.1. The zero-order valence-electron chi connectivity index (χ0n) is 11.4. The predicted octanol–water partition coefficient (Wildman–Crippen LogP) is 2.55. The number of anilines is 1. The number of aromatic nitrogens is 1. The van der Waals surface area contributed by atoms with Crippen molar-refractivity contribution in [3.05, 3.63) is 47.5 Å². The molecule has 1 amide bonds. The number of hydrogen-bond donors (Lipinski definition) is 1. The first kappa shape index (κ1) is 13.4. The van der Waals surface area contributed by atoms with Crippen molar-refractivity contribution in [1.29, 1.82) is 0 Å². The Bertz CT molecular complexity index is 703. The molecular formula is C15H13FN2O3. The van der Waals surface area contributed by atoms with Gasteiger partial charge in [0.25, 0.3) is 5.91 Å². The highest BCUT2D eigenvalue weighted by Gasteiger charge is 2.14. The molecule has 0 bridgehead atoms. The van der Waals surface area contributed by atoms with Crippen LogP contribution in [0.15, 0.2) is 30.5 Å². The molecule has 3 rings (SSSR count). The molecule has 1 aliphatic rings. The zero-order valence-corrected chi connectivity index (χ0v) is 11.4. The number of pyridine rings is 1. The monoisotopic (exact) mass is 288 g/mol. The number of aryl methyl sites for hydroxylation is 1. The normalized spacial score (nSPS) is 12.9. The van der Waals surface area contributed by atoms with E-state index < -0.39 is 11.7 Å². The summed E-state index contributed by atoms with van der Waals surface area (Å²) in [7, 11) is 0. The summed E-state index contributed by atoms with van der Waals surface area (Å²) in [5.41, 5.74) is 1.09. The van der Waals surface area contributed by atoms with E-state index in [1.165, 1.54) is 6.07 Å². The maximum atomic E-state index is 13.2. The van der Waals surface area contributed by atoms with Crippen LogP contribution in [0.1, 0.15) is 16.1 Å². The lowest BCUT2D eigenvalue weighted by molar-refractivity contribution is 0.102. The molecule has 0 saturated heterocycles. The predicted molar refractivity (Wildman–Crippen MR) is 74.3 cm³/mol. The molecule has 1 N–H and O–H groups in total. The van der Waals surface area contributed by atoms with E-state index in [-0.39, 0.29) is 5.69 Å². The summed E-state index contributed by atoms with van der Waals surface area (Å²) >= 11 is 0. The standard InChI is InChI=1S/C15H13FN2O3/c1-9-6-12(17-8-11(9)16)15(19)18-10-2-3-13-14(7-10)21-5-4-20-13/h2-3,6-8H,4-5H2,1H3,(H,18,19). The quantitative estimate of drug-likeness (QED) is 0.922. The molecule has 108 valence electrons. The Morgan fingerprint density at radius 2 is 2.00 bits per heavy atom. The van der Waals surface area contributed by atoms with Crippen LogP contribution in [-0.2, 0) is 0 Å². The van der Waals surface area contributed by atoms with E-state index in [1.54, 1.807) is 25.1 Å². The third-order valence-electron chi connectivity index (χ3n) is 3.08. The number of carbonyl (C=O) groups is 1. The molecule has 5 nitrogen and oxygen atoms in total. The van der Waals surface area contributed by atoms with Crippen molar-refractivity contribution in [2.24, 2.45) is 0 Å². The molecule has 21 heavy (non-hydrogen) atoms. The smallest absolute Gasteiger partial charge is 0.274 e. The van der Waals surface area contributed by atoms with Gasteiger partial charge in [-0.3, -0.25) is 4.79 Å². The number of carbonyl (C=O) groups excluding carboxylic acids is 1. The third-order valence-corrected chi connectivity index (χ3v) is 3.08. The van der Waals surface area contributed by atoms with E-state index >= 15 is 0 Å². The first-order valence-corrected chi connectivity index (χ1v) is 6.46. The number of nitrogens with zero attached hydrogens (tertiary/aromatic N) is 1. The van der Waals surface area contributed by atoms with Gasteiger partial charge in [-0.15, -0.1) is 0 Å². The van der Waals surface area contributed by atoms with Gasteiger partial charge in [0.1, 0.15) is 24.7 Å². The van der Waals surface area contributed by atoms with Crippen molar-refractivity contribution < 1.29 is 18.7 Å². The van der Waals surface area contributed by atoms with E-state index in [1.807, 2.05) is 0 Å². The molecule has 1 aromatic heterocycles. The van der Waals surface area contributed by atoms with Crippen molar-refractivity contribution in [2.75, 3.05) is 18.5 Å². The fourth-order valence-electron chi connectivity index (χ4n) is 1.98. The van der Waals surface area contributed by atoms with Crippen molar-refractivity contribution in [1.82, 2.24) is 4.98 Å². The van der Waals surface area contributed by atoms with Gasteiger partial charge >= 0.3 is 0 Å². The van der Waals surface area contributed by atoms with Crippen LogP contribution in [0.4, 0.5) is 10.1 Å². The van der Waals surface area contributed by atoms with Crippen molar-refractivity contribution in [3.8, 4) is 11.5 Å². The van der Waals surface area contributed by atoms with Gasteiger partial charge in [-0.2, -0.15) is 0 Å². The van der Waals surface area contributed by atoms with E-state index in [9.17, 15) is 9.18 Å². The summed E-state index contributed by atoms with van der Waals surface area (Å²) in [6.07, 6.45) is 1.04. The SMILES string of the molecule is Cc1cc(C(=O)Nc2ccc3c(c2)OCCO3)ncc1F. The van der Waals surface area contributed by atoms with Gasteiger partial charge in [-0.25, -0.2) is 9.37 Å². The van der Waals surface area contributed by atoms with E-state index in [0.29, 0.717) is 36.0 Å². The lowest BCUT2D eigenvalue weighted by Crippen LogP contribution is -2.17. The minimum absolute atomic E-state index is 0.156. The number of nitrogens with one attached hydrogen (secondary N) is 1. The molecule has 2 heterocycles. The van der Waals surface area contributed by atoms with Crippen LogP contribution in [0.5, 0.6) is 11.5 Å². The van der Waals surface area contributed by atoms with Gasteiger partial charge < -0.3 is 14.8 Å².